The smallest absolute Gasteiger partial charge is 0.239 e. The summed E-state index contributed by atoms with van der Waals surface area (Å²) in [6.45, 7) is 4.95. The van der Waals surface area contributed by atoms with E-state index in [0.717, 1.165) is 25.6 Å². The summed E-state index contributed by atoms with van der Waals surface area (Å²) in [4.78, 5) is 14.3. The molecule has 2 rings (SSSR count). The lowest BCUT2D eigenvalue weighted by Gasteiger charge is -2.24. The highest BCUT2D eigenvalue weighted by Crippen LogP contribution is 2.31. The molecule has 1 amide bonds. The van der Waals surface area contributed by atoms with Crippen LogP contribution >= 0.6 is 0 Å². The minimum Gasteiger partial charge on any atom is -0.341 e. The first-order chi connectivity index (χ1) is 8.27. The van der Waals surface area contributed by atoms with Crippen molar-refractivity contribution in [3.63, 3.8) is 0 Å². The Balaban J connectivity index is 1.68. The summed E-state index contributed by atoms with van der Waals surface area (Å²) in [6, 6.07) is 0.00634. The molecule has 0 spiro atoms. The van der Waals surface area contributed by atoms with Crippen molar-refractivity contribution in [3.05, 3.63) is 0 Å². The number of nitrogens with one attached hydrogen (secondary N) is 1. The van der Waals surface area contributed by atoms with Gasteiger partial charge in [0, 0.05) is 13.1 Å². The molecule has 98 valence electrons. The zero-order valence-corrected chi connectivity index (χ0v) is 11.1. The summed E-state index contributed by atoms with van der Waals surface area (Å²) in [5, 5.41) is 3.38. The molecule has 1 aliphatic heterocycles. The minimum absolute atomic E-state index is 0.00634. The van der Waals surface area contributed by atoms with Gasteiger partial charge in [0.25, 0.3) is 0 Å². The van der Waals surface area contributed by atoms with E-state index < -0.39 is 0 Å². The third-order valence-electron chi connectivity index (χ3n) is 3.99. The SMILES string of the molecule is CC(NCCC1CC1)C(=O)N1CCCCCC1. The van der Waals surface area contributed by atoms with Crippen LogP contribution < -0.4 is 5.32 Å². The fourth-order valence-corrected chi connectivity index (χ4v) is 2.56. The molecule has 1 aliphatic carbocycles. The van der Waals surface area contributed by atoms with Gasteiger partial charge in [-0.15, -0.1) is 0 Å². The maximum atomic E-state index is 12.2. The second-order valence-electron chi connectivity index (χ2n) is 5.65. The molecular formula is C14H26N2O. The zero-order valence-electron chi connectivity index (χ0n) is 11.1. The van der Waals surface area contributed by atoms with E-state index in [1.165, 1.54) is 44.9 Å². The summed E-state index contributed by atoms with van der Waals surface area (Å²) in [5.74, 6) is 1.26. The first-order valence-corrected chi connectivity index (χ1v) is 7.29. The van der Waals surface area contributed by atoms with Crippen LogP contribution in [0.1, 0.15) is 51.9 Å². The molecule has 0 bridgehead atoms. The van der Waals surface area contributed by atoms with Gasteiger partial charge in [0.1, 0.15) is 0 Å². The van der Waals surface area contributed by atoms with Crippen LogP contribution in [0.5, 0.6) is 0 Å². The van der Waals surface area contributed by atoms with Gasteiger partial charge in [-0.3, -0.25) is 4.79 Å². The van der Waals surface area contributed by atoms with Crippen LogP contribution in [-0.4, -0.2) is 36.5 Å². The summed E-state index contributed by atoms with van der Waals surface area (Å²) >= 11 is 0. The highest BCUT2D eigenvalue weighted by atomic mass is 16.2. The molecule has 1 saturated carbocycles. The summed E-state index contributed by atoms with van der Waals surface area (Å²) in [7, 11) is 0. The minimum atomic E-state index is 0.00634. The van der Waals surface area contributed by atoms with E-state index in [9.17, 15) is 4.79 Å². The highest BCUT2D eigenvalue weighted by molar-refractivity contribution is 5.81. The van der Waals surface area contributed by atoms with E-state index in [4.69, 9.17) is 0 Å². The van der Waals surface area contributed by atoms with Crippen molar-refractivity contribution in [1.29, 1.82) is 0 Å². The molecule has 17 heavy (non-hydrogen) atoms. The average Bonchev–Trinajstić information content (AvgIpc) is 3.14. The lowest BCUT2D eigenvalue weighted by atomic mass is 10.2. The van der Waals surface area contributed by atoms with E-state index in [2.05, 4.69) is 10.2 Å². The Bertz CT molecular complexity index is 243. The van der Waals surface area contributed by atoms with Gasteiger partial charge in [0.05, 0.1) is 6.04 Å². The number of nitrogens with zero attached hydrogens (tertiary/aromatic N) is 1. The third-order valence-corrected chi connectivity index (χ3v) is 3.99. The molecule has 1 atom stereocenters. The highest BCUT2D eigenvalue weighted by Gasteiger charge is 2.23. The van der Waals surface area contributed by atoms with E-state index in [-0.39, 0.29) is 6.04 Å². The van der Waals surface area contributed by atoms with Gasteiger partial charge in [-0.2, -0.15) is 0 Å². The van der Waals surface area contributed by atoms with Crippen molar-refractivity contribution >= 4 is 5.91 Å². The summed E-state index contributed by atoms with van der Waals surface area (Å²) in [6.07, 6.45) is 8.98. The fraction of sp³-hybridized carbons (Fsp3) is 0.929. The summed E-state index contributed by atoms with van der Waals surface area (Å²) in [5.41, 5.74) is 0. The quantitative estimate of drug-likeness (QED) is 0.796. The van der Waals surface area contributed by atoms with E-state index in [1.807, 2.05) is 6.92 Å². The number of carbonyl (C=O) groups is 1. The molecule has 1 saturated heterocycles. The van der Waals surface area contributed by atoms with Gasteiger partial charge in [-0.1, -0.05) is 25.7 Å². The molecule has 3 nitrogen and oxygen atoms in total. The monoisotopic (exact) mass is 238 g/mol. The van der Waals surface area contributed by atoms with Crippen LogP contribution in [0.25, 0.3) is 0 Å². The predicted octanol–water partition coefficient (Wildman–Crippen LogP) is 2.17. The van der Waals surface area contributed by atoms with Crippen molar-refractivity contribution in [2.24, 2.45) is 5.92 Å². The van der Waals surface area contributed by atoms with Gasteiger partial charge < -0.3 is 10.2 Å². The fourth-order valence-electron chi connectivity index (χ4n) is 2.56. The van der Waals surface area contributed by atoms with Crippen molar-refractivity contribution in [2.45, 2.75) is 57.9 Å². The van der Waals surface area contributed by atoms with E-state index >= 15 is 0 Å². The first kappa shape index (κ1) is 12.9. The Hall–Kier alpha value is -0.570. The largest absolute Gasteiger partial charge is 0.341 e. The van der Waals surface area contributed by atoms with Gasteiger partial charge in [-0.05, 0) is 38.6 Å². The second-order valence-corrected chi connectivity index (χ2v) is 5.65. The molecule has 1 N–H and O–H groups in total. The topological polar surface area (TPSA) is 32.3 Å². The second kappa shape index (κ2) is 6.39. The lowest BCUT2D eigenvalue weighted by molar-refractivity contribution is -0.133. The van der Waals surface area contributed by atoms with Gasteiger partial charge in [0.15, 0.2) is 0 Å². The van der Waals surface area contributed by atoms with Gasteiger partial charge in [-0.25, -0.2) is 0 Å². The molecule has 2 aliphatic rings. The molecule has 0 aromatic carbocycles. The van der Waals surface area contributed by atoms with Crippen LogP contribution in [0.15, 0.2) is 0 Å². The number of carbonyl (C=O) groups excluding carboxylic acids is 1. The Morgan fingerprint density at radius 2 is 1.88 bits per heavy atom. The Morgan fingerprint density at radius 1 is 1.24 bits per heavy atom. The molecule has 0 radical (unpaired) electrons. The Kier molecular flexibility index (Phi) is 4.84. The standard InChI is InChI=1S/C14H26N2O/c1-12(15-9-8-13-6-7-13)14(17)16-10-4-2-3-5-11-16/h12-13,15H,2-11H2,1H3. The van der Waals surface area contributed by atoms with Crippen molar-refractivity contribution in [2.75, 3.05) is 19.6 Å². The van der Waals surface area contributed by atoms with E-state index in [1.54, 1.807) is 0 Å². The molecule has 1 heterocycles. The zero-order chi connectivity index (χ0) is 12.1. The van der Waals surface area contributed by atoms with E-state index in [0.29, 0.717) is 5.91 Å². The number of rotatable bonds is 5. The molecule has 2 fully saturated rings. The normalized spacial score (nSPS) is 23.2. The van der Waals surface area contributed by atoms with Crippen molar-refractivity contribution in [3.8, 4) is 0 Å². The van der Waals surface area contributed by atoms with Crippen LogP contribution in [0, 0.1) is 5.92 Å². The maximum Gasteiger partial charge on any atom is 0.239 e. The van der Waals surface area contributed by atoms with Gasteiger partial charge in [0.2, 0.25) is 5.91 Å². The third kappa shape index (κ3) is 4.30. The summed E-state index contributed by atoms with van der Waals surface area (Å²) < 4.78 is 0. The number of likely N-dealkylation sites (tertiary alicyclic amines) is 1. The van der Waals surface area contributed by atoms with Crippen molar-refractivity contribution < 1.29 is 4.79 Å². The molecule has 0 aromatic rings. The molecule has 0 aromatic heterocycles. The van der Waals surface area contributed by atoms with Crippen LogP contribution in [0.2, 0.25) is 0 Å². The van der Waals surface area contributed by atoms with Crippen LogP contribution in [0.3, 0.4) is 0 Å². The van der Waals surface area contributed by atoms with Crippen LogP contribution in [0.4, 0.5) is 0 Å². The lowest BCUT2D eigenvalue weighted by Crippen LogP contribution is -2.45. The number of amides is 1. The number of hydrogen-bond donors (Lipinski definition) is 1. The predicted molar refractivity (Wildman–Crippen MR) is 69.9 cm³/mol. The Morgan fingerprint density at radius 3 is 2.47 bits per heavy atom. The average molecular weight is 238 g/mol. The maximum absolute atomic E-state index is 12.2. The van der Waals surface area contributed by atoms with Gasteiger partial charge >= 0.3 is 0 Å². The first-order valence-electron chi connectivity index (χ1n) is 7.29. The molecular weight excluding hydrogens is 212 g/mol. The molecule has 3 heteroatoms. The number of hydrogen-bond acceptors (Lipinski definition) is 2. The van der Waals surface area contributed by atoms with Crippen molar-refractivity contribution in [1.82, 2.24) is 10.2 Å². The van der Waals surface area contributed by atoms with Crippen LogP contribution in [-0.2, 0) is 4.79 Å². The Labute approximate surface area is 105 Å². The molecule has 1 unspecified atom stereocenters.